The van der Waals surface area contributed by atoms with Gasteiger partial charge in [0.1, 0.15) is 5.75 Å². The second-order valence-corrected chi connectivity index (χ2v) is 5.09. The summed E-state index contributed by atoms with van der Waals surface area (Å²) in [5.74, 6) is 0.701. The molecule has 114 valence electrons. The van der Waals surface area contributed by atoms with E-state index in [0.717, 1.165) is 28.0 Å². The predicted molar refractivity (Wildman–Crippen MR) is 87.6 cm³/mol. The van der Waals surface area contributed by atoms with Crippen LogP contribution in [-0.4, -0.2) is 18.0 Å². The lowest BCUT2D eigenvalue weighted by Gasteiger charge is -2.08. The van der Waals surface area contributed by atoms with Crippen LogP contribution < -0.4 is 10.1 Å². The minimum atomic E-state index is -0.126. The van der Waals surface area contributed by atoms with Gasteiger partial charge in [-0.3, -0.25) is 9.78 Å². The summed E-state index contributed by atoms with van der Waals surface area (Å²) in [6.45, 7) is 4.48. The molecule has 4 heteroatoms. The number of nitrogens with zero attached hydrogens (tertiary/aromatic N) is 1. The number of aromatic nitrogens is 1. The summed E-state index contributed by atoms with van der Waals surface area (Å²) in [5.41, 5.74) is 4.17. The first-order chi connectivity index (χ1) is 10.6. The smallest absolute Gasteiger partial charge is 0.244 e. The number of hydrogen-bond acceptors (Lipinski definition) is 3. The molecule has 1 amide bonds. The maximum Gasteiger partial charge on any atom is 0.244 e. The van der Waals surface area contributed by atoms with E-state index in [2.05, 4.69) is 10.3 Å². The molecule has 0 radical (unpaired) electrons. The third-order valence-electron chi connectivity index (χ3n) is 3.39. The van der Waals surface area contributed by atoms with Crippen molar-refractivity contribution in [3.8, 4) is 5.75 Å². The molecule has 1 heterocycles. The van der Waals surface area contributed by atoms with Gasteiger partial charge in [-0.25, -0.2) is 0 Å². The van der Waals surface area contributed by atoms with Crippen LogP contribution in [0.25, 0.3) is 6.08 Å². The third kappa shape index (κ3) is 4.19. The summed E-state index contributed by atoms with van der Waals surface area (Å²) >= 11 is 0. The number of carbonyl (C=O) groups is 1. The van der Waals surface area contributed by atoms with Gasteiger partial charge in [0.25, 0.3) is 0 Å². The standard InChI is InChI=1S/C18H20N2O2/c1-13-9-16(22-3)10-14(2)17(13)6-7-18(21)20-12-15-5-4-8-19-11-15/h4-11H,12H2,1-3H3,(H,20,21)/b7-6+. The first kappa shape index (κ1) is 15.8. The van der Waals surface area contributed by atoms with Gasteiger partial charge in [-0.1, -0.05) is 6.07 Å². The molecule has 0 saturated heterocycles. The maximum atomic E-state index is 11.9. The molecule has 2 aromatic rings. The normalized spacial score (nSPS) is 10.7. The zero-order chi connectivity index (χ0) is 15.9. The van der Waals surface area contributed by atoms with E-state index in [-0.39, 0.29) is 5.91 Å². The Morgan fingerprint density at radius 3 is 2.64 bits per heavy atom. The van der Waals surface area contributed by atoms with Crippen LogP contribution in [0.2, 0.25) is 0 Å². The van der Waals surface area contributed by atoms with E-state index < -0.39 is 0 Å². The minimum Gasteiger partial charge on any atom is -0.497 e. The van der Waals surface area contributed by atoms with Crippen LogP contribution in [0.3, 0.4) is 0 Å². The topological polar surface area (TPSA) is 51.2 Å². The van der Waals surface area contributed by atoms with E-state index in [4.69, 9.17) is 4.74 Å². The fourth-order valence-corrected chi connectivity index (χ4v) is 2.23. The Bertz CT molecular complexity index is 656. The first-order valence-corrected chi connectivity index (χ1v) is 7.10. The van der Waals surface area contributed by atoms with Crippen LogP contribution >= 0.6 is 0 Å². The fourth-order valence-electron chi connectivity index (χ4n) is 2.23. The summed E-state index contributed by atoms with van der Waals surface area (Å²) in [7, 11) is 1.65. The largest absolute Gasteiger partial charge is 0.497 e. The van der Waals surface area contributed by atoms with Crippen molar-refractivity contribution in [2.45, 2.75) is 20.4 Å². The summed E-state index contributed by atoms with van der Waals surface area (Å²) in [5, 5.41) is 2.84. The van der Waals surface area contributed by atoms with Crippen molar-refractivity contribution in [3.63, 3.8) is 0 Å². The van der Waals surface area contributed by atoms with Crippen molar-refractivity contribution in [2.24, 2.45) is 0 Å². The van der Waals surface area contributed by atoms with E-state index in [1.807, 2.05) is 44.2 Å². The van der Waals surface area contributed by atoms with Gasteiger partial charge in [-0.05, 0) is 60.4 Å². The number of carbonyl (C=O) groups excluding carboxylic acids is 1. The van der Waals surface area contributed by atoms with E-state index in [9.17, 15) is 4.79 Å². The third-order valence-corrected chi connectivity index (χ3v) is 3.39. The van der Waals surface area contributed by atoms with Gasteiger partial charge in [0.05, 0.1) is 7.11 Å². The highest BCUT2D eigenvalue weighted by atomic mass is 16.5. The van der Waals surface area contributed by atoms with Gasteiger partial charge < -0.3 is 10.1 Å². The lowest BCUT2D eigenvalue weighted by molar-refractivity contribution is -0.116. The first-order valence-electron chi connectivity index (χ1n) is 7.10. The van der Waals surface area contributed by atoms with Crippen LogP contribution in [0, 0.1) is 13.8 Å². The van der Waals surface area contributed by atoms with Crippen LogP contribution in [-0.2, 0) is 11.3 Å². The zero-order valence-electron chi connectivity index (χ0n) is 13.1. The van der Waals surface area contributed by atoms with Gasteiger partial charge in [0.2, 0.25) is 5.91 Å². The highest BCUT2D eigenvalue weighted by Gasteiger charge is 2.04. The Labute approximate surface area is 130 Å². The highest BCUT2D eigenvalue weighted by Crippen LogP contribution is 2.22. The highest BCUT2D eigenvalue weighted by molar-refractivity contribution is 5.92. The molecule has 22 heavy (non-hydrogen) atoms. The van der Waals surface area contributed by atoms with E-state index in [1.54, 1.807) is 25.6 Å². The summed E-state index contributed by atoms with van der Waals surface area (Å²) in [6.07, 6.45) is 6.84. The van der Waals surface area contributed by atoms with Gasteiger partial charge in [0.15, 0.2) is 0 Å². The second kappa shape index (κ2) is 7.41. The number of benzene rings is 1. The Morgan fingerprint density at radius 2 is 2.05 bits per heavy atom. The average Bonchev–Trinajstić information content (AvgIpc) is 2.52. The van der Waals surface area contributed by atoms with Gasteiger partial charge >= 0.3 is 0 Å². The van der Waals surface area contributed by atoms with Crippen LogP contribution in [0.1, 0.15) is 22.3 Å². The number of rotatable bonds is 5. The van der Waals surface area contributed by atoms with Crippen molar-refractivity contribution in [1.82, 2.24) is 10.3 Å². The molecular formula is C18H20N2O2. The molecule has 0 spiro atoms. The molecule has 0 atom stereocenters. The quantitative estimate of drug-likeness (QED) is 0.863. The van der Waals surface area contributed by atoms with Gasteiger partial charge in [0, 0.05) is 25.0 Å². The zero-order valence-corrected chi connectivity index (χ0v) is 13.1. The SMILES string of the molecule is COc1cc(C)c(/C=C/C(=O)NCc2cccnc2)c(C)c1. The van der Waals surface area contributed by atoms with Crippen LogP contribution in [0.15, 0.2) is 42.7 Å². The number of amides is 1. The molecule has 0 aliphatic heterocycles. The lowest BCUT2D eigenvalue weighted by Crippen LogP contribution is -2.20. The Kier molecular flexibility index (Phi) is 5.31. The molecule has 0 saturated carbocycles. The van der Waals surface area contributed by atoms with Crippen molar-refractivity contribution in [3.05, 3.63) is 65.0 Å². The summed E-state index contributed by atoms with van der Waals surface area (Å²) in [4.78, 5) is 15.9. The number of ether oxygens (including phenoxy) is 1. The maximum absolute atomic E-state index is 11.9. The van der Waals surface area contributed by atoms with Crippen LogP contribution in [0.4, 0.5) is 0 Å². The van der Waals surface area contributed by atoms with Crippen molar-refractivity contribution >= 4 is 12.0 Å². The molecule has 0 fully saturated rings. The molecule has 0 unspecified atom stereocenters. The van der Waals surface area contributed by atoms with Crippen molar-refractivity contribution < 1.29 is 9.53 Å². The molecule has 0 bridgehead atoms. The lowest BCUT2D eigenvalue weighted by atomic mass is 10.0. The minimum absolute atomic E-state index is 0.126. The van der Waals surface area contributed by atoms with Crippen molar-refractivity contribution in [1.29, 1.82) is 0 Å². The van der Waals surface area contributed by atoms with Gasteiger partial charge in [-0.15, -0.1) is 0 Å². The molecule has 2 rings (SSSR count). The molecule has 1 aromatic carbocycles. The summed E-state index contributed by atoms with van der Waals surface area (Å²) < 4.78 is 5.23. The Balaban J connectivity index is 2.01. The van der Waals surface area contributed by atoms with E-state index in [1.165, 1.54) is 0 Å². The Morgan fingerprint density at radius 1 is 1.32 bits per heavy atom. The van der Waals surface area contributed by atoms with Gasteiger partial charge in [-0.2, -0.15) is 0 Å². The monoisotopic (exact) mass is 296 g/mol. The predicted octanol–water partition coefficient (Wildman–Crippen LogP) is 3.04. The van der Waals surface area contributed by atoms with Crippen molar-refractivity contribution in [2.75, 3.05) is 7.11 Å². The van der Waals surface area contributed by atoms with E-state index in [0.29, 0.717) is 6.54 Å². The molecule has 0 aliphatic rings. The Hall–Kier alpha value is -2.62. The summed E-state index contributed by atoms with van der Waals surface area (Å²) in [6, 6.07) is 7.69. The molecule has 4 nitrogen and oxygen atoms in total. The number of hydrogen-bond donors (Lipinski definition) is 1. The molecular weight excluding hydrogens is 276 g/mol. The molecule has 1 N–H and O–H groups in total. The number of aryl methyl sites for hydroxylation is 2. The molecule has 1 aromatic heterocycles. The number of pyridine rings is 1. The second-order valence-electron chi connectivity index (χ2n) is 5.09. The fraction of sp³-hybridized carbons (Fsp3) is 0.222. The molecule has 0 aliphatic carbocycles. The van der Waals surface area contributed by atoms with Crippen LogP contribution in [0.5, 0.6) is 5.75 Å². The number of nitrogens with one attached hydrogen (secondary N) is 1. The van der Waals surface area contributed by atoms with E-state index >= 15 is 0 Å². The average molecular weight is 296 g/mol. The number of methoxy groups -OCH3 is 1.